The largest absolute Gasteiger partial charge is 0.469 e. The average Bonchev–Trinajstić information content (AvgIpc) is 3.15. The van der Waals surface area contributed by atoms with Crippen LogP contribution in [0.3, 0.4) is 0 Å². The second kappa shape index (κ2) is 7.34. The number of carbonyl (C=O) groups excluding carboxylic acids is 2. The molecule has 0 N–H and O–H groups in total. The van der Waals surface area contributed by atoms with Crippen molar-refractivity contribution in [3.8, 4) is 0 Å². The third kappa shape index (κ3) is 3.68. The Morgan fingerprint density at radius 2 is 1.91 bits per heavy atom. The van der Waals surface area contributed by atoms with E-state index in [9.17, 15) is 9.59 Å². The van der Waals surface area contributed by atoms with Crippen LogP contribution in [-0.2, 0) is 14.3 Å². The molecule has 0 radical (unpaired) electrons. The maximum absolute atomic E-state index is 12.8. The molecule has 2 atom stereocenters. The molecule has 23 heavy (non-hydrogen) atoms. The first-order valence-electron chi connectivity index (χ1n) is 8.34. The van der Waals surface area contributed by atoms with E-state index < -0.39 is 0 Å². The minimum Gasteiger partial charge on any atom is -0.469 e. The van der Waals surface area contributed by atoms with E-state index >= 15 is 0 Å². The van der Waals surface area contributed by atoms with Crippen LogP contribution in [0.1, 0.15) is 25.7 Å². The number of hydrogen-bond donors (Lipinski definition) is 0. The number of rotatable bonds is 3. The van der Waals surface area contributed by atoms with Crippen molar-refractivity contribution in [2.24, 2.45) is 11.8 Å². The van der Waals surface area contributed by atoms with E-state index in [4.69, 9.17) is 4.74 Å². The van der Waals surface area contributed by atoms with Gasteiger partial charge >= 0.3 is 5.97 Å². The number of amides is 1. The summed E-state index contributed by atoms with van der Waals surface area (Å²) in [6, 6.07) is 4.19. The quantitative estimate of drug-likeness (QED) is 0.795. The van der Waals surface area contributed by atoms with E-state index in [1.165, 1.54) is 12.1 Å². The predicted molar refractivity (Wildman–Crippen MR) is 90.6 cm³/mol. The average molecular weight is 336 g/mol. The van der Waals surface area contributed by atoms with Crippen molar-refractivity contribution < 1.29 is 14.3 Å². The molecule has 0 unspecified atom stereocenters. The highest BCUT2D eigenvalue weighted by molar-refractivity contribution is 7.14. The molecule has 1 amide bonds. The Hall–Kier alpha value is -1.56. The van der Waals surface area contributed by atoms with E-state index in [1.807, 2.05) is 4.90 Å². The zero-order valence-corrected chi connectivity index (χ0v) is 14.4. The molecule has 1 aliphatic heterocycles. The summed E-state index contributed by atoms with van der Waals surface area (Å²) in [5.74, 6) is -0.0503. The third-order valence-electron chi connectivity index (χ3n) is 4.97. The van der Waals surface area contributed by atoms with Crippen molar-refractivity contribution in [1.82, 2.24) is 4.90 Å². The lowest BCUT2D eigenvalue weighted by atomic mass is 9.80. The lowest BCUT2D eigenvalue weighted by molar-refractivity contribution is -0.148. The van der Waals surface area contributed by atoms with Gasteiger partial charge in [0.2, 0.25) is 5.91 Å². The molecule has 1 aliphatic carbocycles. The van der Waals surface area contributed by atoms with Gasteiger partial charge in [-0.3, -0.25) is 9.59 Å². The number of ether oxygens (including phenoxy) is 1. The van der Waals surface area contributed by atoms with Crippen LogP contribution in [0, 0.1) is 11.8 Å². The number of piperazine rings is 1. The van der Waals surface area contributed by atoms with Crippen LogP contribution in [0.25, 0.3) is 0 Å². The molecule has 3 rings (SSSR count). The highest BCUT2D eigenvalue weighted by Gasteiger charge is 2.34. The lowest BCUT2D eigenvalue weighted by Crippen LogP contribution is -2.50. The molecule has 126 valence electrons. The molecular formula is C17H24N2O3S. The second-order valence-corrected chi connectivity index (χ2v) is 7.27. The van der Waals surface area contributed by atoms with Crippen LogP contribution in [0.2, 0.25) is 0 Å². The van der Waals surface area contributed by atoms with E-state index in [1.54, 1.807) is 11.3 Å². The number of carbonyl (C=O) groups is 2. The SMILES string of the molecule is COC(=O)[C@H]1CCC[C@@H](C(=O)N2CCN(c3cccs3)CC2)C1. The first-order valence-corrected chi connectivity index (χ1v) is 9.22. The third-order valence-corrected chi connectivity index (χ3v) is 5.90. The van der Waals surface area contributed by atoms with E-state index in [0.717, 1.165) is 45.4 Å². The molecule has 2 fully saturated rings. The fourth-order valence-electron chi connectivity index (χ4n) is 3.65. The number of nitrogens with zero attached hydrogens (tertiary/aromatic N) is 2. The van der Waals surface area contributed by atoms with Crippen LogP contribution < -0.4 is 4.90 Å². The summed E-state index contributed by atoms with van der Waals surface area (Å²) in [7, 11) is 1.43. The summed E-state index contributed by atoms with van der Waals surface area (Å²) < 4.78 is 4.85. The minimum absolute atomic E-state index is 0.0128. The smallest absolute Gasteiger partial charge is 0.308 e. The van der Waals surface area contributed by atoms with Crippen LogP contribution in [0.4, 0.5) is 5.00 Å². The van der Waals surface area contributed by atoms with E-state index in [0.29, 0.717) is 6.42 Å². The summed E-state index contributed by atoms with van der Waals surface area (Å²) >= 11 is 1.74. The van der Waals surface area contributed by atoms with Gasteiger partial charge in [0.15, 0.2) is 0 Å². The van der Waals surface area contributed by atoms with Gasteiger partial charge in [-0.25, -0.2) is 0 Å². The molecule has 0 bridgehead atoms. The maximum Gasteiger partial charge on any atom is 0.308 e. The molecule has 2 aliphatic rings. The van der Waals surface area contributed by atoms with Crippen molar-refractivity contribution in [3.63, 3.8) is 0 Å². The van der Waals surface area contributed by atoms with Crippen LogP contribution in [0.15, 0.2) is 17.5 Å². The standard InChI is InChI=1S/C17H24N2O3S/c1-22-17(21)14-5-2-4-13(12-14)16(20)19-9-7-18(8-10-19)15-6-3-11-23-15/h3,6,11,13-14H,2,4-5,7-10,12H2,1H3/t13-,14+/m1/s1. The summed E-state index contributed by atoms with van der Waals surface area (Å²) in [6.07, 6.45) is 3.34. The van der Waals surface area contributed by atoms with Crippen molar-refractivity contribution in [1.29, 1.82) is 0 Å². The van der Waals surface area contributed by atoms with Crippen LogP contribution in [0.5, 0.6) is 0 Å². The molecule has 6 heteroatoms. The zero-order chi connectivity index (χ0) is 16.2. The van der Waals surface area contributed by atoms with Gasteiger partial charge in [0.1, 0.15) is 0 Å². The predicted octanol–water partition coefficient (Wildman–Crippen LogP) is 2.38. The number of esters is 1. The Kier molecular flexibility index (Phi) is 5.20. The highest BCUT2D eigenvalue weighted by Crippen LogP contribution is 2.31. The Balaban J connectivity index is 1.53. The maximum atomic E-state index is 12.8. The van der Waals surface area contributed by atoms with Gasteiger partial charge in [-0.05, 0) is 36.8 Å². The second-order valence-electron chi connectivity index (χ2n) is 6.35. The first kappa shape index (κ1) is 16.3. The number of thiophene rings is 1. The van der Waals surface area contributed by atoms with Crippen LogP contribution in [-0.4, -0.2) is 50.1 Å². The fraction of sp³-hybridized carbons (Fsp3) is 0.647. The van der Waals surface area contributed by atoms with Gasteiger partial charge < -0.3 is 14.5 Å². The summed E-state index contributed by atoms with van der Waals surface area (Å²) in [5.41, 5.74) is 0. The van der Waals surface area contributed by atoms with Crippen molar-refractivity contribution in [2.45, 2.75) is 25.7 Å². The van der Waals surface area contributed by atoms with Crippen LogP contribution >= 0.6 is 11.3 Å². The minimum atomic E-state index is -0.162. The molecule has 1 aromatic heterocycles. The zero-order valence-electron chi connectivity index (χ0n) is 13.6. The van der Waals surface area contributed by atoms with Gasteiger partial charge in [-0.15, -0.1) is 11.3 Å². The van der Waals surface area contributed by atoms with Crippen molar-refractivity contribution in [3.05, 3.63) is 17.5 Å². The Bertz CT molecular complexity index is 538. The van der Waals surface area contributed by atoms with E-state index in [2.05, 4.69) is 22.4 Å². The molecule has 0 aromatic carbocycles. The fourth-order valence-corrected chi connectivity index (χ4v) is 4.44. The van der Waals surface area contributed by atoms with E-state index in [-0.39, 0.29) is 23.7 Å². The molecule has 1 aromatic rings. The summed E-state index contributed by atoms with van der Waals surface area (Å²) in [4.78, 5) is 28.8. The lowest BCUT2D eigenvalue weighted by Gasteiger charge is -2.38. The highest BCUT2D eigenvalue weighted by atomic mass is 32.1. The summed E-state index contributed by atoms with van der Waals surface area (Å²) in [6.45, 7) is 3.32. The normalized spacial score (nSPS) is 25.3. The molecule has 1 saturated heterocycles. The van der Waals surface area contributed by atoms with Gasteiger partial charge in [0.05, 0.1) is 18.0 Å². The Labute approximate surface area is 141 Å². The first-order chi connectivity index (χ1) is 11.2. The molecule has 5 nitrogen and oxygen atoms in total. The number of methoxy groups -OCH3 is 1. The van der Waals surface area contributed by atoms with Crippen molar-refractivity contribution in [2.75, 3.05) is 38.2 Å². The number of hydrogen-bond acceptors (Lipinski definition) is 5. The van der Waals surface area contributed by atoms with Gasteiger partial charge in [-0.2, -0.15) is 0 Å². The topological polar surface area (TPSA) is 49.9 Å². The van der Waals surface area contributed by atoms with Gasteiger partial charge in [-0.1, -0.05) is 6.42 Å². The monoisotopic (exact) mass is 336 g/mol. The molecule has 1 saturated carbocycles. The summed E-state index contributed by atoms with van der Waals surface area (Å²) in [5, 5.41) is 3.36. The number of anilines is 1. The Morgan fingerprint density at radius 3 is 2.57 bits per heavy atom. The molecular weight excluding hydrogens is 312 g/mol. The molecule has 0 spiro atoms. The Morgan fingerprint density at radius 1 is 1.17 bits per heavy atom. The van der Waals surface area contributed by atoms with Crippen molar-refractivity contribution >= 4 is 28.2 Å². The molecule has 2 heterocycles. The van der Waals surface area contributed by atoms with Gasteiger partial charge in [0.25, 0.3) is 0 Å². The van der Waals surface area contributed by atoms with Gasteiger partial charge in [0, 0.05) is 32.1 Å².